The number of hydrogen-bond acceptors (Lipinski definition) is 4. The van der Waals surface area contributed by atoms with Crippen LogP contribution in [0.15, 0.2) is 18.2 Å². The predicted molar refractivity (Wildman–Crippen MR) is 124 cm³/mol. The molecule has 0 radical (unpaired) electrons. The fourth-order valence-corrected chi connectivity index (χ4v) is 6.98. The molecule has 2 aliphatic carbocycles. The third kappa shape index (κ3) is 1.79. The molecule has 8 rings (SSSR count). The summed E-state index contributed by atoms with van der Waals surface area (Å²) in [7, 11) is 0. The molecule has 1 aromatic carbocycles. The summed E-state index contributed by atoms with van der Waals surface area (Å²) in [6.07, 6.45) is 14.0. The Kier molecular flexibility index (Phi) is 3.05. The maximum absolute atomic E-state index is 13.2. The van der Waals surface area contributed by atoms with Gasteiger partial charge in [-0.3, -0.25) is 4.79 Å². The lowest BCUT2D eigenvalue weighted by Gasteiger charge is -2.38. The van der Waals surface area contributed by atoms with Crippen LogP contribution in [0.25, 0.3) is 40.0 Å². The fraction of sp³-hybridized carbons (Fsp3) is 0.346. The first-order chi connectivity index (χ1) is 16.0. The van der Waals surface area contributed by atoms with Gasteiger partial charge < -0.3 is 29.4 Å². The summed E-state index contributed by atoms with van der Waals surface area (Å²) in [6, 6.07) is 0. The monoisotopic (exact) mass is 441 g/mol. The van der Waals surface area contributed by atoms with Gasteiger partial charge in [0.05, 0.1) is 23.2 Å². The maximum atomic E-state index is 13.2. The molecule has 7 heteroatoms. The van der Waals surface area contributed by atoms with E-state index >= 15 is 0 Å². The van der Waals surface area contributed by atoms with Gasteiger partial charge in [0.1, 0.15) is 11.8 Å². The molecule has 5 aliphatic rings. The number of aliphatic hydroxyl groups is 2. The van der Waals surface area contributed by atoms with Crippen molar-refractivity contribution in [1.82, 2.24) is 14.5 Å². The SMILES string of the molecule is C[C@]12O[C@H](C[C@]1(O)CO)n1c3c(c4c5c(c6c7c(n2c6c41)=CC=CC7)CNC5=O)C=CCC=3. The fourth-order valence-electron chi connectivity index (χ4n) is 6.98. The van der Waals surface area contributed by atoms with E-state index in [4.69, 9.17) is 4.74 Å². The van der Waals surface area contributed by atoms with Gasteiger partial charge in [0.2, 0.25) is 0 Å². The Labute approximate surface area is 188 Å². The summed E-state index contributed by atoms with van der Waals surface area (Å²) in [5.41, 5.74) is 3.33. The largest absolute Gasteiger partial charge is 0.393 e. The molecule has 2 bridgehead atoms. The van der Waals surface area contributed by atoms with Crippen LogP contribution in [-0.4, -0.2) is 37.5 Å². The molecule has 0 spiro atoms. The first kappa shape index (κ1) is 18.3. The number of ether oxygens (including phenoxy) is 1. The van der Waals surface area contributed by atoms with Crippen molar-refractivity contribution in [2.24, 2.45) is 0 Å². The maximum Gasteiger partial charge on any atom is 0.252 e. The normalized spacial score (nSPS) is 30.3. The highest BCUT2D eigenvalue weighted by atomic mass is 16.6. The van der Waals surface area contributed by atoms with Crippen LogP contribution in [0.4, 0.5) is 0 Å². The molecular formula is C26H23N3O4. The van der Waals surface area contributed by atoms with Crippen LogP contribution in [0.2, 0.25) is 0 Å². The zero-order valence-electron chi connectivity index (χ0n) is 18.2. The molecule has 0 unspecified atom stereocenters. The van der Waals surface area contributed by atoms with E-state index in [1.54, 1.807) is 0 Å². The lowest BCUT2D eigenvalue weighted by atomic mass is 9.89. The summed E-state index contributed by atoms with van der Waals surface area (Å²) in [4.78, 5) is 13.2. The highest BCUT2D eigenvalue weighted by molar-refractivity contribution is 6.22. The molecule has 166 valence electrons. The number of nitrogens with one attached hydrogen (secondary N) is 1. The minimum atomic E-state index is -1.45. The highest BCUT2D eigenvalue weighted by Gasteiger charge is 2.60. The van der Waals surface area contributed by atoms with Crippen LogP contribution in [0.1, 0.15) is 53.0 Å². The number of aromatic nitrogens is 2. The lowest BCUT2D eigenvalue weighted by Crippen LogP contribution is -2.55. The Morgan fingerprint density at radius 2 is 2.09 bits per heavy atom. The van der Waals surface area contributed by atoms with Gasteiger partial charge in [-0.15, -0.1) is 0 Å². The standard InChI is InChI=1S/C26H23N3O4/c1-25-26(32,12-30)10-18(33-25)28-16-8-4-2-6-13(16)20-21-15(11-27-24(21)31)19-14-7-3-5-9-17(14)29(25)23(19)22(20)28/h2-3,5-6,8-9,18,30,32H,4,7,10-12H2,1H3,(H,27,31)/t18-,25+,26+/m1/s1. The number of carbonyl (C=O) groups is 1. The second-order valence-electron chi connectivity index (χ2n) is 9.94. The Morgan fingerprint density at radius 3 is 2.94 bits per heavy atom. The predicted octanol–water partition coefficient (Wildman–Crippen LogP) is 1.26. The number of aliphatic hydroxyl groups excluding tert-OH is 1. The Bertz CT molecular complexity index is 1670. The topological polar surface area (TPSA) is 88.7 Å². The molecule has 0 saturated carbocycles. The number of fused-ring (bicyclic) bond motifs is 13. The summed E-state index contributed by atoms with van der Waals surface area (Å²) in [6.45, 7) is 1.97. The van der Waals surface area contributed by atoms with Crippen LogP contribution in [-0.2, 0) is 23.4 Å². The number of rotatable bonds is 1. The van der Waals surface area contributed by atoms with Crippen LogP contribution >= 0.6 is 0 Å². The minimum Gasteiger partial charge on any atom is -0.393 e. The van der Waals surface area contributed by atoms with Gasteiger partial charge in [-0.2, -0.15) is 0 Å². The van der Waals surface area contributed by atoms with E-state index in [0.717, 1.165) is 67.6 Å². The lowest BCUT2D eigenvalue weighted by molar-refractivity contribution is -0.193. The number of allylic oxidation sites excluding steroid dienone is 3. The third-order valence-corrected chi connectivity index (χ3v) is 8.49. The van der Waals surface area contributed by atoms with E-state index in [-0.39, 0.29) is 12.3 Å². The average Bonchev–Trinajstić information content (AvgIpc) is 3.51. The zero-order valence-corrected chi connectivity index (χ0v) is 18.2. The van der Waals surface area contributed by atoms with Gasteiger partial charge in [-0.05, 0) is 37.0 Å². The Hall–Kier alpha value is -3.13. The number of amides is 1. The first-order valence-electron chi connectivity index (χ1n) is 11.6. The van der Waals surface area contributed by atoms with Gasteiger partial charge >= 0.3 is 0 Å². The van der Waals surface area contributed by atoms with Gasteiger partial charge in [0.25, 0.3) is 5.91 Å². The van der Waals surface area contributed by atoms with E-state index in [0.29, 0.717) is 6.54 Å². The third-order valence-electron chi connectivity index (χ3n) is 8.49. The van der Waals surface area contributed by atoms with Gasteiger partial charge in [-0.1, -0.05) is 30.4 Å². The number of benzene rings is 1. The van der Waals surface area contributed by atoms with Crippen LogP contribution in [0.5, 0.6) is 0 Å². The smallest absolute Gasteiger partial charge is 0.252 e. The number of nitrogens with zero attached hydrogens (tertiary/aromatic N) is 2. The summed E-state index contributed by atoms with van der Waals surface area (Å²) in [5, 5.41) is 29.3. The summed E-state index contributed by atoms with van der Waals surface area (Å²) in [5.74, 6) is -0.0314. The van der Waals surface area contributed by atoms with Crippen molar-refractivity contribution >= 4 is 45.9 Å². The summed E-state index contributed by atoms with van der Waals surface area (Å²) >= 11 is 0. The van der Waals surface area contributed by atoms with Crippen LogP contribution < -0.4 is 16.0 Å². The molecule has 1 saturated heterocycles. The van der Waals surface area contributed by atoms with E-state index in [9.17, 15) is 15.0 Å². The second-order valence-corrected chi connectivity index (χ2v) is 9.94. The molecule has 2 aromatic heterocycles. The molecular weight excluding hydrogens is 418 g/mol. The van der Waals surface area contributed by atoms with Crippen molar-refractivity contribution in [2.45, 2.75) is 50.3 Å². The Balaban J connectivity index is 1.74. The van der Waals surface area contributed by atoms with Crippen LogP contribution in [0.3, 0.4) is 0 Å². The highest BCUT2D eigenvalue weighted by Crippen LogP contribution is 2.53. The van der Waals surface area contributed by atoms with Crippen molar-refractivity contribution < 1.29 is 19.7 Å². The molecule has 3 aromatic rings. The molecule has 3 N–H and O–H groups in total. The van der Waals surface area contributed by atoms with E-state index < -0.39 is 24.2 Å². The molecule has 3 aliphatic heterocycles. The molecule has 5 heterocycles. The van der Waals surface area contributed by atoms with E-state index in [1.165, 1.54) is 0 Å². The summed E-state index contributed by atoms with van der Waals surface area (Å²) < 4.78 is 11.0. The van der Waals surface area contributed by atoms with Gasteiger partial charge in [0.15, 0.2) is 5.72 Å². The number of carbonyl (C=O) groups excluding carboxylic acids is 1. The number of hydrogen-bond donors (Lipinski definition) is 3. The quantitative estimate of drug-likeness (QED) is 0.531. The molecule has 3 atom stereocenters. The molecule has 1 amide bonds. The van der Waals surface area contributed by atoms with Crippen molar-refractivity contribution in [3.05, 3.63) is 51.2 Å². The minimum absolute atomic E-state index is 0.0314. The van der Waals surface area contributed by atoms with Crippen molar-refractivity contribution in [3.63, 3.8) is 0 Å². The molecule has 7 nitrogen and oxygen atoms in total. The van der Waals surface area contributed by atoms with Crippen molar-refractivity contribution in [3.8, 4) is 0 Å². The molecule has 1 fully saturated rings. The van der Waals surface area contributed by atoms with Gasteiger partial charge in [0, 0.05) is 40.0 Å². The van der Waals surface area contributed by atoms with Gasteiger partial charge in [-0.25, -0.2) is 0 Å². The molecule has 33 heavy (non-hydrogen) atoms. The van der Waals surface area contributed by atoms with E-state index in [2.05, 4.69) is 44.8 Å². The zero-order chi connectivity index (χ0) is 22.3. The van der Waals surface area contributed by atoms with Crippen molar-refractivity contribution in [1.29, 1.82) is 0 Å². The average molecular weight is 441 g/mol. The first-order valence-corrected chi connectivity index (χ1v) is 11.6. The van der Waals surface area contributed by atoms with Crippen molar-refractivity contribution in [2.75, 3.05) is 6.61 Å². The Morgan fingerprint density at radius 1 is 1.21 bits per heavy atom. The van der Waals surface area contributed by atoms with E-state index in [1.807, 2.05) is 13.0 Å². The second kappa shape index (κ2) is 5.50. The van der Waals surface area contributed by atoms with Crippen LogP contribution in [0, 0.1) is 0 Å².